The van der Waals surface area contributed by atoms with Crippen LogP contribution in [0.1, 0.15) is 5.69 Å². The first-order chi connectivity index (χ1) is 8.15. The van der Waals surface area contributed by atoms with Gasteiger partial charge in [-0.1, -0.05) is 16.1 Å². The maximum Gasteiger partial charge on any atom is 0.138 e. The van der Waals surface area contributed by atoms with Crippen LogP contribution in [0.5, 0.6) is 0 Å². The Hall–Kier alpha value is -0.270. The van der Waals surface area contributed by atoms with E-state index in [9.17, 15) is 0 Å². The molecule has 1 fully saturated rings. The lowest BCUT2D eigenvalue weighted by Crippen LogP contribution is -2.46. The van der Waals surface area contributed by atoms with Gasteiger partial charge in [-0.15, -0.1) is 5.10 Å². The maximum atomic E-state index is 6.01. The van der Waals surface area contributed by atoms with E-state index in [1.54, 1.807) is 0 Å². The van der Waals surface area contributed by atoms with Crippen LogP contribution < -0.4 is 0 Å². The first kappa shape index (κ1) is 13.2. The molecule has 1 aromatic rings. The highest BCUT2D eigenvalue weighted by atomic mass is 35.5. The molecule has 1 aliphatic rings. The van der Waals surface area contributed by atoms with Crippen LogP contribution in [0.25, 0.3) is 0 Å². The first-order valence-corrected chi connectivity index (χ1v) is 6.75. The van der Waals surface area contributed by atoms with Crippen LogP contribution in [-0.4, -0.2) is 65.8 Å². The predicted octanol–water partition coefficient (Wildman–Crippen LogP) is 0.954. The summed E-state index contributed by atoms with van der Waals surface area (Å²) in [6.07, 6.45) is 0.268. The molecule has 0 unspecified atom stereocenters. The lowest BCUT2D eigenvalue weighted by Gasteiger charge is -2.33. The van der Waals surface area contributed by atoms with Gasteiger partial charge in [0.2, 0.25) is 0 Å². The lowest BCUT2D eigenvalue weighted by molar-refractivity contribution is -0.0409. The summed E-state index contributed by atoms with van der Waals surface area (Å²) in [5.74, 6) is 0. The van der Waals surface area contributed by atoms with Gasteiger partial charge >= 0.3 is 0 Å². The van der Waals surface area contributed by atoms with E-state index in [0.717, 1.165) is 38.5 Å². The van der Waals surface area contributed by atoms with Gasteiger partial charge < -0.3 is 9.64 Å². The van der Waals surface area contributed by atoms with E-state index in [4.69, 9.17) is 16.3 Å². The van der Waals surface area contributed by atoms with Crippen LogP contribution in [-0.2, 0) is 11.3 Å². The van der Waals surface area contributed by atoms with Gasteiger partial charge in [-0.25, -0.2) is 0 Å². The molecule has 0 amide bonds. The van der Waals surface area contributed by atoms with E-state index in [1.165, 1.54) is 11.5 Å². The fourth-order valence-electron chi connectivity index (χ4n) is 1.94. The second-order valence-corrected chi connectivity index (χ2v) is 5.84. The molecule has 17 heavy (non-hydrogen) atoms. The van der Waals surface area contributed by atoms with Gasteiger partial charge in [-0.05, 0) is 14.1 Å². The Labute approximate surface area is 110 Å². The molecular formula is C10H17ClN4OS. The van der Waals surface area contributed by atoms with Crippen molar-refractivity contribution in [1.29, 1.82) is 0 Å². The minimum absolute atomic E-state index is 0.268. The molecule has 0 radical (unpaired) electrons. The number of morpholine rings is 1. The van der Waals surface area contributed by atoms with Crippen molar-refractivity contribution in [3.05, 3.63) is 10.0 Å². The molecule has 0 aromatic carbocycles. The largest absolute Gasteiger partial charge is 0.374 e. The number of hydrogen-bond donors (Lipinski definition) is 0. The van der Waals surface area contributed by atoms with Crippen molar-refractivity contribution >= 4 is 23.1 Å². The van der Waals surface area contributed by atoms with Gasteiger partial charge in [-0.2, -0.15) is 0 Å². The molecule has 0 spiro atoms. The third kappa shape index (κ3) is 3.86. The van der Waals surface area contributed by atoms with Gasteiger partial charge in [-0.3, -0.25) is 4.90 Å². The van der Waals surface area contributed by atoms with Crippen molar-refractivity contribution in [1.82, 2.24) is 19.4 Å². The number of nitrogens with zero attached hydrogens (tertiary/aromatic N) is 4. The summed E-state index contributed by atoms with van der Waals surface area (Å²) in [4.78, 5) is 4.46. The van der Waals surface area contributed by atoms with Gasteiger partial charge in [0.1, 0.15) is 10.0 Å². The number of ether oxygens (including phenoxy) is 1. The molecular weight excluding hydrogens is 260 g/mol. The average Bonchev–Trinajstić information content (AvgIpc) is 2.64. The summed E-state index contributed by atoms with van der Waals surface area (Å²) < 4.78 is 10.3. The molecule has 1 atom stereocenters. The minimum Gasteiger partial charge on any atom is -0.374 e. The molecule has 0 saturated carbocycles. The minimum atomic E-state index is 0.268. The zero-order chi connectivity index (χ0) is 12.3. The van der Waals surface area contributed by atoms with Gasteiger partial charge in [0.05, 0.1) is 12.7 Å². The molecule has 0 N–H and O–H groups in total. The molecule has 7 heteroatoms. The summed E-state index contributed by atoms with van der Waals surface area (Å²) in [6.45, 7) is 4.33. The third-order valence-corrected chi connectivity index (χ3v) is 3.66. The summed E-state index contributed by atoms with van der Waals surface area (Å²) in [5, 5.41) is 4.04. The van der Waals surface area contributed by atoms with E-state index in [-0.39, 0.29) is 6.10 Å². The lowest BCUT2D eigenvalue weighted by atomic mass is 10.2. The molecule has 0 bridgehead atoms. The smallest absolute Gasteiger partial charge is 0.138 e. The Morgan fingerprint density at radius 1 is 1.59 bits per heavy atom. The Morgan fingerprint density at radius 2 is 2.41 bits per heavy atom. The zero-order valence-electron chi connectivity index (χ0n) is 10.1. The molecule has 5 nitrogen and oxygen atoms in total. The van der Waals surface area contributed by atoms with Crippen LogP contribution in [0.4, 0.5) is 0 Å². The topological polar surface area (TPSA) is 41.5 Å². The second kappa shape index (κ2) is 6.06. The number of halogens is 1. The van der Waals surface area contributed by atoms with Gasteiger partial charge in [0.15, 0.2) is 0 Å². The highest BCUT2D eigenvalue weighted by molar-refractivity contribution is 7.10. The molecule has 1 aliphatic heterocycles. The van der Waals surface area contributed by atoms with Crippen LogP contribution >= 0.6 is 23.1 Å². The van der Waals surface area contributed by atoms with Crippen molar-refractivity contribution in [3.63, 3.8) is 0 Å². The Morgan fingerprint density at radius 3 is 3.06 bits per heavy atom. The van der Waals surface area contributed by atoms with E-state index >= 15 is 0 Å². The highest BCUT2D eigenvalue weighted by Gasteiger charge is 2.22. The summed E-state index contributed by atoms with van der Waals surface area (Å²) >= 11 is 7.25. The van der Waals surface area contributed by atoms with Gasteiger partial charge in [0, 0.05) is 37.7 Å². The summed E-state index contributed by atoms with van der Waals surface area (Å²) in [6, 6.07) is 0. The Bertz CT molecular complexity index is 360. The fourth-order valence-corrected chi connectivity index (χ4v) is 2.56. The number of hydrogen-bond acceptors (Lipinski definition) is 6. The van der Waals surface area contributed by atoms with Gasteiger partial charge in [0.25, 0.3) is 0 Å². The molecule has 96 valence electrons. The van der Waals surface area contributed by atoms with Crippen LogP contribution in [0.3, 0.4) is 0 Å². The monoisotopic (exact) mass is 276 g/mol. The summed E-state index contributed by atoms with van der Waals surface area (Å²) in [7, 11) is 4.12. The standard InChI is InChI=1S/C10H17ClN4OS/c1-14(2)5-8-6-15(3-4-16-8)7-9-10(11)17-13-12-9/h8H,3-7H2,1-2H3/t8-/m1/s1. The third-order valence-electron chi connectivity index (χ3n) is 2.67. The first-order valence-electron chi connectivity index (χ1n) is 5.60. The van der Waals surface area contributed by atoms with E-state index in [2.05, 4.69) is 33.5 Å². The van der Waals surface area contributed by atoms with E-state index < -0.39 is 0 Å². The zero-order valence-corrected chi connectivity index (χ0v) is 11.7. The fraction of sp³-hybridized carbons (Fsp3) is 0.800. The van der Waals surface area contributed by atoms with Crippen LogP contribution in [0.2, 0.25) is 4.34 Å². The van der Waals surface area contributed by atoms with Crippen molar-refractivity contribution in [3.8, 4) is 0 Å². The van der Waals surface area contributed by atoms with Crippen molar-refractivity contribution in [2.75, 3.05) is 40.3 Å². The van der Waals surface area contributed by atoms with Crippen LogP contribution in [0, 0.1) is 0 Å². The molecule has 2 heterocycles. The second-order valence-electron chi connectivity index (χ2n) is 4.48. The Kier molecular flexibility index (Phi) is 4.69. The quantitative estimate of drug-likeness (QED) is 0.819. The Balaban J connectivity index is 1.87. The number of aromatic nitrogens is 2. The SMILES string of the molecule is CN(C)C[C@@H]1CN(Cc2nnsc2Cl)CCO1. The molecule has 1 aromatic heterocycles. The van der Waals surface area contributed by atoms with Crippen molar-refractivity contribution in [2.24, 2.45) is 0 Å². The van der Waals surface area contributed by atoms with Crippen molar-refractivity contribution < 1.29 is 4.74 Å². The molecule has 1 saturated heterocycles. The highest BCUT2D eigenvalue weighted by Crippen LogP contribution is 2.19. The van der Waals surface area contributed by atoms with E-state index in [1.807, 2.05) is 0 Å². The normalized spacial score (nSPS) is 22.2. The van der Waals surface area contributed by atoms with E-state index in [0.29, 0.717) is 4.34 Å². The van der Waals surface area contributed by atoms with Crippen molar-refractivity contribution in [2.45, 2.75) is 12.6 Å². The average molecular weight is 277 g/mol. The number of rotatable bonds is 4. The van der Waals surface area contributed by atoms with Crippen LogP contribution in [0.15, 0.2) is 0 Å². The number of likely N-dealkylation sites (N-methyl/N-ethyl adjacent to an activating group) is 1. The maximum absolute atomic E-state index is 6.01. The molecule has 2 rings (SSSR count). The predicted molar refractivity (Wildman–Crippen MR) is 68.5 cm³/mol. The molecule has 0 aliphatic carbocycles. The summed E-state index contributed by atoms with van der Waals surface area (Å²) in [5.41, 5.74) is 0.877.